The first-order valence-corrected chi connectivity index (χ1v) is 9.06. The number of hydrogen-bond donors (Lipinski definition) is 3. The van der Waals surface area contributed by atoms with Crippen molar-refractivity contribution in [3.05, 3.63) is 35.9 Å². The molecule has 2 aliphatic rings. The number of benzene rings is 1. The predicted molar refractivity (Wildman–Crippen MR) is 96.2 cm³/mol. The summed E-state index contributed by atoms with van der Waals surface area (Å²) < 4.78 is 5.41. The Balaban J connectivity index is 1.86. The summed E-state index contributed by atoms with van der Waals surface area (Å²) in [5, 5.41) is 17.2. The summed E-state index contributed by atoms with van der Waals surface area (Å²) in [5.41, 5.74) is -0.460. The van der Waals surface area contributed by atoms with Crippen LogP contribution in [0.4, 0.5) is 0 Å². The highest BCUT2D eigenvalue weighted by Gasteiger charge is 2.46. The van der Waals surface area contributed by atoms with E-state index in [1.54, 1.807) is 0 Å². The third kappa shape index (κ3) is 3.58. The first-order valence-electron chi connectivity index (χ1n) is 9.06. The Morgan fingerprint density at radius 3 is 2.64 bits per heavy atom. The van der Waals surface area contributed by atoms with Crippen LogP contribution in [0, 0.1) is 0 Å². The van der Waals surface area contributed by atoms with Crippen molar-refractivity contribution in [2.45, 2.75) is 37.5 Å². The first kappa shape index (κ1) is 18.3. The molecule has 138 valence electrons. The average Bonchev–Trinajstić information content (AvgIpc) is 2.65. The highest BCUT2D eigenvalue weighted by molar-refractivity contribution is 5.86. The minimum Gasteiger partial charge on any atom is -0.389 e. The van der Waals surface area contributed by atoms with E-state index >= 15 is 0 Å². The van der Waals surface area contributed by atoms with E-state index in [2.05, 4.69) is 15.5 Å². The number of ether oxygens (including phenoxy) is 1. The molecule has 0 bridgehead atoms. The molecule has 2 heterocycles. The second-order valence-electron chi connectivity index (χ2n) is 7.42. The number of morpholine rings is 1. The van der Waals surface area contributed by atoms with Crippen molar-refractivity contribution in [1.82, 2.24) is 15.5 Å². The molecule has 1 amide bonds. The summed E-state index contributed by atoms with van der Waals surface area (Å²) in [6.07, 6.45) is -0.0172. The first-order chi connectivity index (χ1) is 12.0. The number of rotatable bonds is 4. The van der Waals surface area contributed by atoms with Crippen LogP contribution in [0.2, 0.25) is 0 Å². The lowest BCUT2D eigenvalue weighted by molar-refractivity contribution is -0.139. The van der Waals surface area contributed by atoms with Crippen LogP contribution in [0.15, 0.2) is 30.3 Å². The molecule has 2 saturated heterocycles. The molecule has 2 atom stereocenters. The van der Waals surface area contributed by atoms with Gasteiger partial charge >= 0.3 is 0 Å². The second-order valence-corrected chi connectivity index (χ2v) is 7.42. The van der Waals surface area contributed by atoms with E-state index in [4.69, 9.17) is 4.74 Å². The van der Waals surface area contributed by atoms with Crippen molar-refractivity contribution in [2.75, 3.05) is 39.4 Å². The fraction of sp³-hybridized carbons (Fsp3) is 0.632. The van der Waals surface area contributed by atoms with E-state index in [0.29, 0.717) is 26.2 Å². The summed E-state index contributed by atoms with van der Waals surface area (Å²) in [7, 11) is 0. The van der Waals surface area contributed by atoms with Crippen molar-refractivity contribution in [3.8, 4) is 0 Å². The molecule has 3 rings (SSSR count). The van der Waals surface area contributed by atoms with E-state index in [-0.39, 0.29) is 5.91 Å². The normalized spacial score (nSPS) is 28.5. The maximum atomic E-state index is 13.2. The smallest absolute Gasteiger partial charge is 0.240 e. The van der Waals surface area contributed by atoms with Crippen molar-refractivity contribution >= 4 is 5.91 Å². The van der Waals surface area contributed by atoms with E-state index in [0.717, 1.165) is 25.2 Å². The molecule has 2 aliphatic heterocycles. The summed E-state index contributed by atoms with van der Waals surface area (Å²) in [4.78, 5) is 15.4. The summed E-state index contributed by atoms with van der Waals surface area (Å²) in [6.45, 7) is 7.88. The van der Waals surface area contributed by atoms with Gasteiger partial charge in [-0.2, -0.15) is 0 Å². The van der Waals surface area contributed by atoms with Gasteiger partial charge in [0.2, 0.25) is 5.91 Å². The van der Waals surface area contributed by atoms with E-state index < -0.39 is 17.2 Å². The topological polar surface area (TPSA) is 73.8 Å². The zero-order valence-corrected chi connectivity index (χ0v) is 15.1. The van der Waals surface area contributed by atoms with Crippen LogP contribution in [-0.4, -0.2) is 66.9 Å². The molecule has 0 radical (unpaired) electrons. The summed E-state index contributed by atoms with van der Waals surface area (Å²) in [5.74, 6) is -0.0563. The van der Waals surface area contributed by atoms with Gasteiger partial charge in [-0.25, -0.2) is 0 Å². The summed E-state index contributed by atoms with van der Waals surface area (Å²) >= 11 is 0. The van der Waals surface area contributed by atoms with Crippen LogP contribution < -0.4 is 10.6 Å². The molecule has 2 fully saturated rings. The minimum absolute atomic E-state index is 0.0563. The SMILES string of the molecule is CC(C)(C(=O)N[C@@]1(c2ccccc2)CCNC[C@H]1O)N1CCOCC1. The fourth-order valence-electron chi connectivity index (χ4n) is 3.78. The van der Waals surface area contributed by atoms with E-state index in [9.17, 15) is 9.90 Å². The van der Waals surface area contributed by atoms with Crippen LogP contribution >= 0.6 is 0 Å². The van der Waals surface area contributed by atoms with Gasteiger partial charge in [0.05, 0.1) is 30.4 Å². The highest BCUT2D eigenvalue weighted by Crippen LogP contribution is 2.32. The molecule has 3 N–H and O–H groups in total. The molecular weight excluding hydrogens is 318 g/mol. The number of hydrogen-bond acceptors (Lipinski definition) is 5. The van der Waals surface area contributed by atoms with Gasteiger partial charge in [0.15, 0.2) is 0 Å². The van der Waals surface area contributed by atoms with Gasteiger partial charge in [0.25, 0.3) is 0 Å². The molecule has 25 heavy (non-hydrogen) atoms. The largest absolute Gasteiger partial charge is 0.389 e. The number of β-amino-alcohol motifs (C(OH)–C–C–N with tert-alkyl or cyclic N) is 1. The number of nitrogens with zero attached hydrogens (tertiary/aromatic N) is 1. The molecule has 0 spiro atoms. The predicted octanol–water partition coefficient (Wildman–Crippen LogP) is 0.463. The third-order valence-corrected chi connectivity index (χ3v) is 5.59. The van der Waals surface area contributed by atoms with Gasteiger partial charge in [-0.05, 0) is 32.4 Å². The Labute approximate surface area is 149 Å². The van der Waals surface area contributed by atoms with Gasteiger partial charge in [-0.15, -0.1) is 0 Å². The Hall–Kier alpha value is -1.47. The molecule has 0 saturated carbocycles. The van der Waals surface area contributed by atoms with Crippen molar-refractivity contribution < 1.29 is 14.6 Å². The zero-order chi connectivity index (χ0) is 17.9. The van der Waals surface area contributed by atoms with Crippen molar-refractivity contribution in [3.63, 3.8) is 0 Å². The van der Waals surface area contributed by atoms with E-state index in [1.807, 2.05) is 44.2 Å². The Morgan fingerprint density at radius 1 is 1.32 bits per heavy atom. The maximum absolute atomic E-state index is 13.2. The van der Waals surface area contributed by atoms with Gasteiger partial charge in [-0.3, -0.25) is 9.69 Å². The van der Waals surface area contributed by atoms with E-state index in [1.165, 1.54) is 0 Å². The second kappa shape index (κ2) is 7.41. The van der Waals surface area contributed by atoms with Crippen molar-refractivity contribution in [1.29, 1.82) is 0 Å². The molecule has 1 aromatic carbocycles. The Morgan fingerprint density at radius 2 is 2.00 bits per heavy atom. The van der Waals surface area contributed by atoms with Crippen LogP contribution in [0.25, 0.3) is 0 Å². The van der Waals surface area contributed by atoms with Crippen LogP contribution in [0.1, 0.15) is 25.8 Å². The monoisotopic (exact) mass is 347 g/mol. The number of carbonyl (C=O) groups is 1. The van der Waals surface area contributed by atoms with Gasteiger partial charge < -0.3 is 20.5 Å². The molecule has 0 aliphatic carbocycles. The average molecular weight is 347 g/mol. The Kier molecular flexibility index (Phi) is 5.43. The lowest BCUT2D eigenvalue weighted by Crippen LogP contribution is -2.66. The molecule has 6 heteroatoms. The zero-order valence-electron chi connectivity index (χ0n) is 15.1. The van der Waals surface area contributed by atoms with Crippen LogP contribution in [0.5, 0.6) is 0 Å². The van der Waals surface area contributed by atoms with Gasteiger partial charge in [-0.1, -0.05) is 30.3 Å². The molecular formula is C19H29N3O3. The minimum atomic E-state index is -0.757. The lowest BCUT2D eigenvalue weighted by Gasteiger charge is -2.46. The molecule has 0 unspecified atom stereocenters. The third-order valence-electron chi connectivity index (χ3n) is 5.59. The van der Waals surface area contributed by atoms with Crippen LogP contribution in [-0.2, 0) is 15.1 Å². The molecule has 6 nitrogen and oxygen atoms in total. The standard InChI is InChI=1S/C19H29N3O3/c1-18(2,22-10-12-25-13-11-22)17(24)21-19(8-9-20-14-16(19)23)15-6-4-3-5-7-15/h3-7,16,20,23H,8-14H2,1-2H3,(H,21,24)/t16-,19-/m1/s1. The fourth-order valence-corrected chi connectivity index (χ4v) is 3.78. The number of aliphatic hydroxyl groups excluding tert-OH is 1. The van der Waals surface area contributed by atoms with Crippen LogP contribution in [0.3, 0.4) is 0 Å². The quantitative estimate of drug-likeness (QED) is 0.738. The number of piperidine rings is 1. The number of aliphatic hydroxyl groups is 1. The summed E-state index contributed by atoms with van der Waals surface area (Å²) in [6, 6.07) is 9.81. The number of carbonyl (C=O) groups excluding carboxylic acids is 1. The Bertz CT molecular complexity index is 587. The maximum Gasteiger partial charge on any atom is 0.240 e. The van der Waals surface area contributed by atoms with Gasteiger partial charge in [0.1, 0.15) is 0 Å². The van der Waals surface area contributed by atoms with Gasteiger partial charge in [0, 0.05) is 19.6 Å². The molecule has 1 aromatic rings. The molecule has 0 aromatic heterocycles. The highest BCUT2D eigenvalue weighted by atomic mass is 16.5. The number of nitrogens with one attached hydrogen (secondary N) is 2. The lowest BCUT2D eigenvalue weighted by atomic mass is 9.78. The number of amides is 1. The van der Waals surface area contributed by atoms with Crippen molar-refractivity contribution in [2.24, 2.45) is 0 Å².